The topological polar surface area (TPSA) is 79.6 Å². The third kappa shape index (κ3) is 4.91. The van der Waals surface area contributed by atoms with Gasteiger partial charge in [-0.1, -0.05) is 33.1 Å². The lowest BCUT2D eigenvalue weighted by Crippen LogP contribution is -2.09. The highest BCUT2D eigenvalue weighted by atomic mass is 16.3. The third-order valence-corrected chi connectivity index (χ3v) is 4.57. The SMILES string of the molecule is CC(C)Cc1nc2cc(-c3ccn(C)n3)ncc2[nH]1.OC1CCCCC1. The van der Waals surface area contributed by atoms with Gasteiger partial charge in [0.15, 0.2) is 0 Å². The van der Waals surface area contributed by atoms with Gasteiger partial charge in [0.25, 0.3) is 0 Å². The molecule has 1 aliphatic carbocycles. The summed E-state index contributed by atoms with van der Waals surface area (Å²) in [6.07, 6.45) is 10.6. The van der Waals surface area contributed by atoms with Crippen molar-refractivity contribution in [1.29, 1.82) is 0 Å². The number of aryl methyl sites for hydroxylation is 1. The number of rotatable bonds is 3. The van der Waals surface area contributed by atoms with Gasteiger partial charge in [-0.3, -0.25) is 9.67 Å². The van der Waals surface area contributed by atoms with Crippen molar-refractivity contribution in [3.05, 3.63) is 30.4 Å². The van der Waals surface area contributed by atoms with E-state index in [0.717, 1.165) is 47.5 Å². The minimum atomic E-state index is 0.0359. The van der Waals surface area contributed by atoms with E-state index in [4.69, 9.17) is 5.11 Å². The van der Waals surface area contributed by atoms with Crippen LogP contribution in [-0.4, -0.2) is 35.9 Å². The molecule has 1 saturated carbocycles. The molecule has 0 spiro atoms. The van der Waals surface area contributed by atoms with Gasteiger partial charge in [-0.15, -0.1) is 0 Å². The van der Waals surface area contributed by atoms with Gasteiger partial charge in [0.1, 0.15) is 11.5 Å². The summed E-state index contributed by atoms with van der Waals surface area (Å²) >= 11 is 0. The number of aromatic nitrogens is 5. The largest absolute Gasteiger partial charge is 0.393 e. The number of aromatic amines is 1. The molecule has 3 aromatic rings. The van der Waals surface area contributed by atoms with Crippen LogP contribution in [0.5, 0.6) is 0 Å². The minimum absolute atomic E-state index is 0.0359. The molecule has 0 aliphatic heterocycles. The molecule has 6 heteroatoms. The van der Waals surface area contributed by atoms with Crippen molar-refractivity contribution < 1.29 is 5.11 Å². The summed E-state index contributed by atoms with van der Waals surface area (Å²) in [5.74, 6) is 1.61. The van der Waals surface area contributed by atoms with Crippen LogP contribution in [-0.2, 0) is 13.5 Å². The van der Waals surface area contributed by atoms with Gasteiger partial charge in [0, 0.05) is 19.7 Å². The van der Waals surface area contributed by atoms with Crippen LogP contribution >= 0.6 is 0 Å². The molecule has 1 fully saturated rings. The molecule has 6 nitrogen and oxygen atoms in total. The Morgan fingerprint density at radius 2 is 2.00 bits per heavy atom. The van der Waals surface area contributed by atoms with E-state index >= 15 is 0 Å². The first kappa shape index (κ1) is 18.6. The molecule has 0 amide bonds. The van der Waals surface area contributed by atoms with E-state index in [1.807, 2.05) is 31.6 Å². The first-order valence-electron chi connectivity index (χ1n) is 9.54. The second-order valence-corrected chi connectivity index (χ2v) is 7.53. The number of hydrogen-bond acceptors (Lipinski definition) is 4. The zero-order valence-electron chi connectivity index (χ0n) is 15.9. The van der Waals surface area contributed by atoms with E-state index in [2.05, 4.69) is 33.9 Å². The molecular weight excluding hydrogens is 326 g/mol. The lowest BCUT2D eigenvalue weighted by atomic mass is 9.98. The van der Waals surface area contributed by atoms with Crippen LogP contribution in [0.2, 0.25) is 0 Å². The molecule has 0 saturated heterocycles. The van der Waals surface area contributed by atoms with Crippen molar-refractivity contribution in [2.75, 3.05) is 0 Å². The molecule has 26 heavy (non-hydrogen) atoms. The van der Waals surface area contributed by atoms with Crippen LogP contribution < -0.4 is 0 Å². The summed E-state index contributed by atoms with van der Waals surface area (Å²) in [4.78, 5) is 12.4. The van der Waals surface area contributed by atoms with Crippen LogP contribution in [0.4, 0.5) is 0 Å². The number of H-pyrrole nitrogens is 1. The van der Waals surface area contributed by atoms with Crippen LogP contribution in [0.1, 0.15) is 51.8 Å². The molecule has 3 aromatic heterocycles. The monoisotopic (exact) mass is 355 g/mol. The Kier molecular flexibility index (Phi) is 6.04. The zero-order chi connectivity index (χ0) is 18.5. The van der Waals surface area contributed by atoms with Gasteiger partial charge in [0.05, 0.1) is 29.0 Å². The van der Waals surface area contributed by atoms with Gasteiger partial charge in [-0.2, -0.15) is 5.10 Å². The van der Waals surface area contributed by atoms with Crippen molar-refractivity contribution in [2.45, 2.75) is 58.5 Å². The standard InChI is InChI=1S/C14H17N5.C6H12O/c1-9(2)6-14-16-12-7-11(15-8-13(12)17-14)10-4-5-19(3)18-10;7-6-4-2-1-3-5-6/h4-5,7-9H,6H2,1-3H3,(H,16,17);6-7H,1-5H2. The molecule has 0 bridgehead atoms. The highest BCUT2D eigenvalue weighted by Gasteiger charge is 2.09. The summed E-state index contributed by atoms with van der Waals surface area (Å²) in [5, 5.41) is 13.3. The molecule has 0 unspecified atom stereocenters. The fourth-order valence-electron chi connectivity index (χ4n) is 3.22. The Morgan fingerprint density at radius 3 is 2.58 bits per heavy atom. The summed E-state index contributed by atoms with van der Waals surface area (Å²) in [6.45, 7) is 4.37. The Labute approximate surface area is 154 Å². The van der Waals surface area contributed by atoms with Crippen LogP contribution in [0.25, 0.3) is 22.4 Å². The number of nitrogens with zero attached hydrogens (tertiary/aromatic N) is 4. The zero-order valence-corrected chi connectivity index (χ0v) is 15.9. The molecule has 0 atom stereocenters. The molecule has 0 aromatic carbocycles. The van der Waals surface area contributed by atoms with Crippen molar-refractivity contribution in [3.63, 3.8) is 0 Å². The molecule has 140 valence electrons. The highest BCUT2D eigenvalue weighted by molar-refractivity contribution is 5.78. The number of nitrogens with one attached hydrogen (secondary N) is 1. The van der Waals surface area contributed by atoms with E-state index in [0.29, 0.717) is 5.92 Å². The van der Waals surface area contributed by atoms with E-state index < -0.39 is 0 Å². The molecule has 3 heterocycles. The first-order valence-corrected chi connectivity index (χ1v) is 9.54. The number of hydrogen-bond donors (Lipinski definition) is 2. The Bertz CT molecular complexity index is 830. The van der Waals surface area contributed by atoms with Crippen LogP contribution in [0.15, 0.2) is 24.5 Å². The number of fused-ring (bicyclic) bond motifs is 1. The Balaban J connectivity index is 0.000000236. The van der Waals surface area contributed by atoms with E-state index in [1.54, 1.807) is 4.68 Å². The average molecular weight is 355 g/mol. The minimum Gasteiger partial charge on any atom is -0.393 e. The summed E-state index contributed by atoms with van der Waals surface area (Å²) < 4.78 is 1.77. The fraction of sp³-hybridized carbons (Fsp3) is 0.550. The van der Waals surface area contributed by atoms with Crippen LogP contribution in [0, 0.1) is 5.92 Å². The highest BCUT2D eigenvalue weighted by Crippen LogP contribution is 2.20. The van der Waals surface area contributed by atoms with Gasteiger partial charge < -0.3 is 10.1 Å². The molecule has 4 rings (SSSR count). The summed E-state index contributed by atoms with van der Waals surface area (Å²) in [7, 11) is 1.90. The van der Waals surface area contributed by atoms with Gasteiger partial charge in [-0.05, 0) is 30.9 Å². The van der Waals surface area contributed by atoms with Gasteiger partial charge in [-0.25, -0.2) is 4.98 Å². The maximum atomic E-state index is 8.91. The lowest BCUT2D eigenvalue weighted by Gasteiger charge is -2.14. The number of aliphatic hydroxyl groups is 1. The summed E-state index contributed by atoms with van der Waals surface area (Å²) in [5.41, 5.74) is 3.66. The van der Waals surface area contributed by atoms with E-state index in [1.165, 1.54) is 19.3 Å². The Morgan fingerprint density at radius 1 is 1.23 bits per heavy atom. The molecule has 1 aliphatic rings. The average Bonchev–Trinajstić information content (AvgIpc) is 3.20. The normalized spacial score (nSPS) is 15.3. The number of aliphatic hydroxyl groups excluding tert-OH is 1. The van der Waals surface area contributed by atoms with Gasteiger partial charge >= 0.3 is 0 Å². The third-order valence-electron chi connectivity index (χ3n) is 4.57. The maximum Gasteiger partial charge on any atom is 0.111 e. The molecular formula is C20H29N5O. The lowest BCUT2D eigenvalue weighted by molar-refractivity contribution is 0.130. The number of imidazole rings is 1. The second kappa shape index (κ2) is 8.45. The van der Waals surface area contributed by atoms with Gasteiger partial charge in [0.2, 0.25) is 0 Å². The van der Waals surface area contributed by atoms with E-state index in [-0.39, 0.29) is 6.10 Å². The Hall–Kier alpha value is -2.21. The van der Waals surface area contributed by atoms with Crippen molar-refractivity contribution in [2.24, 2.45) is 13.0 Å². The van der Waals surface area contributed by atoms with Crippen molar-refractivity contribution >= 4 is 11.0 Å². The maximum absolute atomic E-state index is 8.91. The van der Waals surface area contributed by atoms with Crippen molar-refractivity contribution in [3.8, 4) is 11.4 Å². The van der Waals surface area contributed by atoms with E-state index in [9.17, 15) is 0 Å². The first-order chi connectivity index (χ1) is 12.5. The predicted octanol–water partition coefficient (Wildman–Crippen LogP) is 3.87. The smallest absolute Gasteiger partial charge is 0.111 e. The van der Waals surface area contributed by atoms with Crippen molar-refractivity contribution in [1.82, 2.24) is 24.7 Å². The second-order valence-electron chi connectivity index (χ2n) is 7.53. The van der Waals surface area contributed by atoms with Crippen LogP contribution in [0.3, 0.4) is 0 Å². The fourth-order valence-corrected chi connectivity index (χ4v) is 3.22. The predicted molar refractivity (Wildman–Crippen MR) is 104 cm³/mol. The number of pyridine rings is 1. The molecule has 0 radical (unpaired) electrons. The summed E-state index contributed by atoms with van der Waals surface area (Å²) in [6, 6.07) is 3.94. The molecule has 2 N–H and O–H groups in total. The quantitative estimate of drug-likeness (QED) is 0.747.